The second-order valence-corrected chi connectivity index (χ2v) is 7.54. The van der Waals surface area contributed by atoms with E-state index in [1.165, 1.54) is 0 Å². The summed E-state index contributed by atoms with van der Waals surface area (Å²) in [6.45, 7) is 0.488. The van der Waals surface area contributed by atoms with Gasteiger partial charge in [0.15, 0.2) is 17.4 Å². The summed E-state index contributed by atoms with van der Waals surface area (Å²) in [6.07, 6.45) is -0.206. The quantitative estimate of drug-likeness (QED) is 0.553. The van der Waals surface area contributed by atoms with Crippen LogP contribution in [0, 0.1) is 23.4 Å². The van der Waals surface area contributed by atoms with Crippen molar-refractivity contribution in [2.24, 2.45) is 5.92 Å². The Morgan fingerprint density at radius 2 is 1.60 bits per heavy atom. The number of ether oxygens (including phenoxy) is 2. The van der Waals surface area contributed by atoms with Gasteiger partial charge >= 0.3 is 6.09 Å². The Kier molecular flexibility index (Phi) is 5.76. The minimum Gasteiger partial charge on any atom is -0.445 e. The first-order valence-electron chi connectivity index (χ1n) is 9.70. The van der Waals surface area contributed by atoms with E-state index in [4.69, 9.17) is 9.47 Å². The molecule has 0 aliphatic carbocycles. The van der Waals surface area contributed by atoms with Gasteiger partial charge in [0.25, 0.3) is 0 Å². The topological polar surface area (TPSA) is 55.8 Å². The van der Waals surface area contributed by atoms with Gasteiger partial charge in [0.1, 0.15) is 12.4 Å². The molecule has 2 bridgehead atoms. The summed E-state index contributed by atoms with van der Waals surface area (Å²) in [5.74, 6) is -5.38. The van der Waals surface area contributed by atoms with Crippen molar-refractivity contribution in [2.45, 2.75) is 31.5 Å². The molecule has 8 heteroatoms. The Bertz CT molecular complexity index is 939. The average Bonchev–Trinajstić information content (AvgIpc) is 2.74. The van der Waals surface area contributed by atoms with Crippen molar-refractivity contribution < 1.29 is 32.2 Å². The lowest BCUT2D eigenvalue weighted by Crippen LogP contribution is -2.60. The molecule has 2 saturated heterocycles. The minimum absolute atomic E-state index is 0.110. The zero-order valence-corrected chi connectivity index (χ0v) is 16.0. The van der Waals surface area contributed by atoms with Crippen LogP contribution in [-0.4, -0.2) is 42.1 Å². The molecule has 1 amide bonds. The lowest BCUT2D eigenvalue weighted by atomic mass is 9.80. The molecule has 0 spiro atoms. The molecule has 2 heterocycles. The van der Waals surface area contributed by atoms with Gasteiger partial charge < -0.3 is 9.47 Å². The van der Waals surface area contributed by atoms with Crippen molar-refractivity contribution in [1.82, 2.24) is 4.90 Å². The maximum Gasteiger partial charge on any atom is 0.410 e. The first-order valence-corrected chi connectivity index (χ1v) is 9.70. The van der Waals surface area contributed by atoms with E-state index in [-0.39, 0.29) is 32.7 Å². The van der Waals surface area contributed by atoms with Crippen molar-refractivity contribution in [1.29, 1.82) is 0 Å². The van der Waals surface area contributed by atoms with Gasteiger partial charge in [-0.15, -0.1) is 0 Å². The highest BCUT2D eigenvalue weighted by atomic mass is 19.2. The van der Waals surface area contributed by atoms with Crippen molar-refractivity contribution in [3.8, 4) is 0 Å². The predicted octanol–water partition coefficient (Wildman–Crippen LogP) is 4.10. The summed E-state index contributed by atoms with van der Waals surface area (Å²) < 4.78 is 52.6. The van der Waals surface area contributed by atoms with Crippen LogP contribution in [0.15, 0.2) is 42.5 Å². The van der Waals surface area contributed by atoms with Crippen LogP contribution in [0.1, 0.15) is 28.8 Å². The minimum atomic E-state index is -1.48. The predicted molar refractivity (Wildman–Crippen MR) is 100 cm³/mol. The smallest absolute Gasteiger partial charge is 0.410 e. The first kappa shape index (κ1) is 20.4. The number of piperidine rings is 1. The number of carbonyl (C=O) groups is 2. The molecular weight excluding hydrogens is 399 g/mol. The van der Waals surface area contributed by atoms with Gasteiger partial charge in [0.2, 0.25) is 0 Å². The highest BCUT2D eigenvalue weighted by molar-refractivity contribution is 5.98. The van der Waals surface area contributed by atoms with Gasteiger partial charge in [-0.25, -0.2) is 18.0 Å². The van der Waals surface area contributed by atoms with E-state index in [1.807, 2.05) is 30.3 Å². The summed E-state index contributed by atoms with van der Waals surface area (Å²) >= 11 is 0. The molecule has 0 saturated carbocycles. The Balaban J connectivity index is 1.48. The Morgan fingerprint density at radius 3 is 2.27 bits per heavy atom. The van der Waals surface area contributed by atoms with E-state index >= 15 is 0 Å². The number of morpholine rings is 1. The number of rotatable bonds is 4. The lowest BCUT2D eigenvalue weighted by molar-refractivity contribution is -0.0756. The second kappa shape index (κ2) is 8.47. The monoisotopic (exact) mass is 419 g/mol. The van der Waals surface area contributed by atoms with Crippen molar-refractivity contribution in [2.75, 3.05) is 13.2 Å². The number of ketones is 1. The molecular formula is C22H20F3NO4. The van der Waals surface area contributed by atoms with E-state index in [0.29, 0.717) is 6.07 Å². The average molecular weight is 419 g/mol. The summed E-state index contributed by atoms with van der Waals surface area (Å²) in [5.41, 5.74) is -0.0199. The molecule has 158 valence electrons. The molecule has 2 aliphatic rings. The fourth-order valence-corrected chi connectivity index (χ4v) is 4.18. The Labute approximate surface area is 171 Å². The SMILES string of the molecule is O=C(c1c(F)ccc(F)c1F)C1CC2COCC(C1)N2C(=O)OCc1ccccc1. The molecule has 2 atom stereocenters. The lowest BCUT2D eigenvalue weighted by Gasteiger charge is -2.47. The third-order valence-corrected chi connectivity index (χ3v) is 5.60. The van der Waals surface area contributed by atoms with Crippen LogP contribution in [0.4, 0.5) is 18.0 Å². The van der Waals surface area contributed by atoms with E-state index in [0.717, 1.165) is 11.6 Å². The van der Waals surface area contributed by atoms with Crippen LogP contribution in [0.25, 0.3) is 0 Å². The van der Waals surface area contributed by atoms with Gasteiger partial charge in [-0.3, -0.25) is 9.69 Å². The molecule has 2 aliphatic heterocycles. The van der Waals surface area contributed by atoms with Gasteiger partial charge in [-0.1, -0.05) is 30.3 Å². The summed E-state index contributed by atoms with van der Waals surface area (Å²) in [7, 11) is 0. The molecule has 2 aromatic rings. The molecule has 5 nitrogen and oxygen atoms in total. The molecule has 30 heavy (non-hydrogen) atoms. The molecule has 0 aromatic heterocycles. The Hall–Kier alpha value is -2.87. The molecule has 2 unspecified atom stereocenters. The van der Waals surface area contributed by atoms with Crippen LogP contribution < -0.4 is 0 Å². The van der Waals surface area contributed by atoms with Crippen molar-refractivity contribution in [3.63, 3.8) is 0 Å². The number of amides is 1. The number of hydrogen-bond acceptors (Lipinski definition) is 4. The fraction of sp³-hybridized carbons (Fsp3) is 0.364. The highest BCUT2D eigenvalue weighted by Gasteiger charge is 2.45. The molecule has 0 radical (unpaired) electrons. The zero-order chi connectivity index (χ0) is 21.3. The van der Waals surface area contributed by atoms with E-state index in [1.54, 1.807) is 4.90 Å². The van der Waals surface area contributed by atoms with Crippen LogP contribution in [0.2, 0.25) is 0 Å². The second-order valence-electron chi connectivity index (χ2n) is 7.54. The van der Waals surface area contributed by atoms with Crippen LogP contribution >= 0.6 is 0 Å². The maximum atomic E-state index is 14.1. The third-order valence-electron chi connectivity index (χ3n) is 5.60. The number of halogens is 3. The number of nitrogens with zero attached hydrogens (tertiary/aromatic N) is 1. The third kappa shape index (κ3) is 3.92. The fourth-order valence-electron chi connectivity index (χ4n) is 4.18. The largest absolute Gasteiger partial charge is 0.445 e. The molecule has 2 aromatic carbocycles. The summed E-state index contributed by atoms with van der Waals surface area (Å²) in [4.78, 5) is 27.0. The van der Waals surface area contributed by atoms with E-state index < -0.39 is 52.9 Å². The van der Waals surface area contributed by atoms with Gasteiger partial charge in [-0.05, 0) is 30.5 Å². The number of Topliss-reactive ketones (excluding diaryl/α,β-unsaturated/α-hetero) is 1. The number of carbonyl (C=O) groups excluding carboxylic acids is 2. The van der Waals surface area contributed by atoms with Gasteiger partial charge in [0.05, 0.1) is 30.9 Å². The summed E-state index contributed by atoms with van der Waals surface area (Å²) in [6, 6.07) is 9.68. The molecule has 4 rings (SSSR count). The molecule has 0 N–H and O–H groups in total. The van der Waals surface area contributed by atoms with E-state index in [9.17, 15) is 22.8 Å². The van der Waals surface area contributed by atoms with Gasteiger partial charge in [0, 0.05) is 5.92 Å². The van der Waals surface area contributed by atoms with Crippen LogP contribution in [-0.2, 0) is 16.1 Å². The van der Waals surface area contributed by atoms with Crippen molar-refractivity contribution in [3.05, 3.63) is 71.0 Å². The number of benzene rings is 2. The van der Waals surface area contributed by atoms with Crippen LogP contribution in [0.5, 0.6) is 0 Å². The number of hydrogen-bond donors (Lipinski definition) is 0. The van der Waals surface area contributed by atoms with Crippen LogP contribution in [0.3, 0.4) is 0 Å². The zero-order valence-electron chi connectivity index (χ0n) is 16.0. The van der Waals surface area contributed by atoms with E-state index in [2.05, 4.69) is 0 Å². The number of fused-ring (bicyclic) bond motifs is 2. The Morgan fingerprint density at radius 1 is 0.967 bits per heavy atom. The maximum absolute atomic E-state index is 14.1. The summed E-state index contributed by atoms with van der Waals surface area (Å²) in [5, 5.41) is 0. The van der Waals surface area contributed by atoms with Crippen molar-refractivity contribution >= 4 is 11.9 Å². The molecule has 2 fully saturated rings. The first-order chi connectivity index (χ1) is 14.5. The normalized spacial score (nSPS) is 23.2. The standard InChI is InChI=1S/C22H20F3NO4/c23-17-6-7-18(24)20(25)19(17)21(27)14-8-15-11-29-12-16(9-14)26(15)22(28)30-10-13-4-2-1-3-5-13/h1-7,14-16H,8-12H2. The van der Waals surface area contributed by atoms with Gasteiger partial charge in [-0.2, -0.15) is 0 Å². The highest BCUT2D eigenvalue weighted by Crippen LogP contribution is 2.35.